The summed E-state index contributed by atoms with van der Waals surface area (Å²) < 4.78 is 5.15. The third-order valence-electron chi connectivity index (χ3n) is 4.89. The number of amides is 2. The second kappa shape index (κ2) is 7.60. The van der Waals surface area contributed by atoms with Gasteiger partial charge in [0, 0.05) is 25.2 Å². The molecule has 1 aliphatic rings. The molecule has 1 saturated heterocycles. The van der Waals surface area contributed by atoms with E-state index in [0.717, 1.165) is 22.6 Å². The van der Waals surface area contributed by atoms with Crippen molar-refractivity contribution in [1.82, 2.24) is 4.90 Å². The summed E-state index contributed by atoms with van der Waals surface area (Å²) in [6.45, 7) is 5.01. The second-order valence-electron chi connectivity index (χ2n) is 6.81. The lowest BCUT2D eigenvalue weighted by atomic mass is 10.1. The molecule has 5 heteroatoms. The van der Waals surface area contributed by atoms with Crippen molar-refractivity contribution < 1.29 is 14.3 Å². The van der Waals surface area contributed by atoms with Gasteiger partial charge in [-0.05, 0) is 54.8 Å². The smallest absolute Gasteiger partial charge is 0.229 e. The van der Waals surface area contributed by atoms with Crippen LogP contribution in [0.1, 0.15) is 23.1 Å². The Morgan fingerprint density at radius 3 is 2.54 bits per heavy atom. The lowest BCUT2D eigenvalue weighted by molar-refractivity contribution is -0.128. The largest absolute Gasteiger partial charge is 0.497 e. The standard InChI is InChI=1S/C21H24N2O3/c1-14-4-7-18(10-15(14)2)22-21(25)17-11-20(24)23(13-17)12-16-5-8-19(26-3)9-6-16/h4-10,17H,11-13H2,1-3H3,(H,22,25)/t17-/m0/s1. The van der Waals surface area contributed by atoms with E-state index < -0.39 is 0 Å². The minimum absolute atomic E-state index is 0.0149. The van der Waals surface area contributed by atoms with E-state index >= 15 is 0 Å². The Morgan fingerprint density at radius 2 is 1.88 bits per heavy atom. The summed E-state index contributed by atoms with van der Waals surface area (Å²) >= 11 is 0. The third kappa shape index (κ3) is 4.04. The van der Waals surface area contributed by atoms with Gasteiger partial charge in [-0.2, -0.15) is 0 Å². The molecule has 0 spiro atoms. The first-order valence-electron chi connectivity index (χ1n) is 8.75. The first-order chi connectivity index (χ1) is 12.5. The summed E-state index contributed by atoms with van der Waals surface area (Å²) in [6, 6.07) is 13.5. The Hall–Kier alpha value is -2.82. The van der Waals surface area contributed by atoms with Crippen molar-refractivity contribution in [2.24, 2.45) is 5.92 Å². The SMILES string of the molecule is COc1ccc(CN2C[C@@H](C(=O)Nc3ccc(C)c(C)c3)CC2=O)cc1. The van der Waals surface area contributed by atoms with E-state index in [2.05, 4.69) is 5.32 Å². The molecule has 0 aliphatic carbocycles. The number of methoxy groups -OCH3 is 1. The van der Waals surface area contributed by atoms with Crippen LogP contribution in [0.4, 0.5) is 5.69 Å². The highest BCUT2D eigenvalue weighted by Gasteiger charge is 2.34. The van der Waals surface area contributed by atoms with E-state index in [1.807, 2.05) is 56.3 Å². The van der Waals surface area contributed by atoms with Crippen molar-refractivity contribution >= 4 is 17.5 Å². The van der Waals surface area contributed by atoms with Gasteiger partial charge in [0.25, 0.3) is 0 Å². The van der Waals surface area contributed by atoms with E-state index in [4.69, 9.17) is 4.74 Å². The molecule has 1 aliphatic heterocycles. The Balaban J connectivity index is 1.60. The van der Waals surface area contributed by atoms with Crippen LogP contribution in [-0.2, 0) is 16.1 Å². The van der Waals surface area contributed by atoms with E-state index in [1.165, 1.54) is 5.56 Å². The summed E-state index contributed by atoms with van der Waals surface area (Å²) in [5.74, 6) is 0.384. The number of hydrogen-bond acceptors (Lipinski definition) is 3. The van der Waals surface area contributed by atoms with Crippen molar-refractivity contribution in [3.8, 4) is 5.75 Å². The molecule has 5 nitrogen and oxygen atoms in total. The average Bonchev–Trinajstić information content (AvgIpc) is 3.00. The number of nitrogens with zero attached hydrogens (tertiary/aromatic N) is 1. The van der Waals surface area contributed by atoms with Crippen molar-refractivity contribution in [2.45, 2.75) is 26.8 Å². The van der Waals surface area contributed by atoms with Crippen molar-refractivity contribution in [1.29, 1.82) is 0 Å². The highest BCUT2D eigenvalue weighted by molar-refractivity contribution is 5.97. The number of hydrogen-bond donors (Lipinski definition) is 1. The maximum absolute atomic E-state index is 12.5. The zero-order valence-electron chi connectivity index (χ0n) is 15.4. The molecule has 1 fully saturated rings. The van der Waals surface area contributed by atoms with Crippen LogP contribution in [0.15, 0.2) is 42.5 Å². The zero-order chi connectivity index (χ0) is 18.7. The zero-order valence-corrected chi connectivity index (χ0v) is 15.4. The first-order valence-corrected chi connectivity index (χ1v) is 8.75. The topological polar surface area (TPSA) is 58.6 Å². The number of carbonyl (C=O) groups is 2. The minimum Gasteiger partial charge on any atom is -0.497 e. The highest BCUT2D eigenvalue weighted by atomic mass is 16.5. The van der Waals surface area contributed by atoms with Crippen LogP contribution < -0.4 is 10.1 Å². The summed E-state index contributed by atoms with van der Waals surface area (Å²) in [5, 5.41) is 2.94. The molecule has 2 amide bonds. The second-order valence-corrected chi connectivity index (χ2v) is 6.81. The monoisotopic (exact) mass is 352 g/mol. The van der Waals surface area contributed by atoms with Gasteiger partial charge in [0.15, 0.2) is 0 Å². The van der Waals surface area contributed by atoms with Gasteiger partial charge in [0.05, 0.1) is 13.0 Å². The van der Waals surface area contributed by atoms with Crippen LogP contribution in [0.5, 0.6) is 5.75 Å². The molecule has 2 aromatic carbocycles. The number of benzene rings is 2. The predicted octanol–water partition coefficient (Wildman–Crippen LogP) is 3.30. The molecule has 1 atom stereocenters. The number of nitrogens with one attached hydrogen (secondary N) is 1. The number of rotatable bonds is 5. The highest BCUT2D eigenvalue weighted by Crippen LogP contribution is 2.23. The molecule has 1 N–H and O–H groups in total. The minimum atomic E-state index is -0.317. The van der Waals surface area contributed by atoms with Gasteiger partial charge in [0.2, 0.25) is 11.8 Å². The molecule has 0 unspecified atom stereocenters. The van der Waals surface area contributed by atoms with Gasteiger partial charge >= 0.3 is 0 Å². The number of carbonyl (C=O) groups excluding carboxylic acids is 2. The molecule has 0 aromatic heterocycles. The molecule has 3 rings (SSSR count). The number of anilines is 1. The van der Waals surface area contributed by atoms with Crippen LogP contribution in [-0.4, -0.2) is 30.4 Å². The van der Waals surface area contributed by atoms with E-state index in [1.54, 1.807) is 12.0 Å². The van der Waals surface area contributed by atoms with Crippen LogP contribution in [0, 0.1) is 19.8 Å². The molecule has 26 heavy (non-hydrogen) atoms. The van der Waals surface area contributed by atoms with Crippen molar-refractivity contribution in [3.63, 3.8) is 0 Å². The lowest BCUT2D eigenvalue weighted by Gasteiger charge is -2.17. The quantitative estimate of drug-likeness (QED) is 0.898. The van der Waals surface area contributed by atoms with Crippen molar-refractivity contribution in [3.05, 3.63) is 59.2 Å². The fourth-order valence-corrected chi connectivity index (χ4v) is 3.12. The molecule has 0 bridgehead atoms. The van der Waals surface area contributed by atoms with E-state index in [-0.39, 0.29) is 24.2 Å². The summed E-state index contributed by atoms with van der Waals surface area (Å²) in [5.41, 5.74) is 4.12. The van der Waals surface area contributed by atoms with E-state index in [9.17, 15) is 9.59 Å². The maximum Gasteiger partial charge on any atom is 0.229 e. The molecular weight excluding hydrogens is 328 g/mol. The van der Waals surface area contributed by atoms with Gasteiger partial charge < -0.3 is 15.0 Å². The lowest BCUT2D eigenvalue weighted by Crippen LogP contribution is -2.28. The van der Waals surface area contributed by atoms with Gasteiger partial charge in [-0.1, -0.05) is 18.2 Å². The predicted molar refractivity (Wildman–Crippen MR) is 101 cm³/mol. The Kier molecular flexibility index (Phi) is 5.26. The summed E-state index contributed by atoms with van der Waals surface area (Å²) in [4.78, 5) is 26.6. The fraction of sp³-hybridized carbons (Fsp3) is 0.333. The Bertz CT molecular complexity index is 815. The van der Waals surface area contributed by atoms with Gasteiger partial charge in [0.1, 0.15) is 5.75 Å². The van der Waals surface area contributed by atoms with Crippen LogP contribution >= 0.6 is 0 Å². The van der Waals surface area contributed by atoms with Crippen LogP contribution in [0.3, 0.4) is 0 Å². The van der Waals surface area contributed by atoms with Gasteiger partial charge in [-0.3, -0.25) is 9.59 Å². The molecular formula is C21H24N2O3. The van der Waals surface area contributed by atoms with Gasteiger partial charge in [-0.25, -0.2) is 0 Å². The molecule has 0 radical (unpaired) electrons. The number of aryl methyl sites for hydroxylation is 2. The Labute approximate surface area is 154 Å². The molecule has 136 valence electrons. The summed E-state index contributed by atoms with van der Waals surface area (Å²) in [6.07, 6.45) is 0.257. The van der Waals surface area contributed by atoms with Gasteiger partial charge in [-0.15, -0.1) is 0 Å². The normalized spacial score (nSPS) is 16.7. The Morgan fingerprint density at radius 1 is 1.15 bits per heavy atom. The molecule has 0 saturated carbocycles. The van der Waals surface area contributed by atoms with Crippen molar-refractivity contribution in [2.75, 3.05) is 19.0 Å². The fourth-order valence-electron chi connectivity index (χ4n) is 3.12. The molecule has 2 aromatic rings. The van der Waals surface area contributed by atoms with Crippen LogP contribution in [0.25, 0.3) is 0 Å². The molecule has 1 heterocycles. The average molecular weight is 352 g/mol. The first kappa shape index (κ1) is 18.0. The summed E-state index contributed by atoms with van der Waals surface area (Å²) in [7, 11) is 1.62. The maximum atomic E-state index is 12.5. The number of ether oxygens (including phenoxy) is 1. The number of likely N-dealkylation sites (tertiary alicyclic amines) is 1. The van der Waals surface area contributed by atoms with Crippen LogP contribution in [0.2, 0.25) is 0 Å². The van der Waals surface area contributed by atoms with E-state index in [0.29, 0.717) is 13.1 Å². The third-order valence-corrected chi connectivity index (χ3v) is 4.89.